The summed E-state index contributed by atoms with van der Waals surface area (Å²) in [6, 6.07) is 0. The van der Waals surface area contributed by atoms with Gasteiger partial charge in [0.2, 0.25) is 0 Å². The number of methoxy groups -OCH3 is 1. The Morgan fingerprint density at radius 2 is 1.44 bits per heavy atom. The standard InChI is InChI=1S/C6H4F6O4/c1-16-3(15)4(7,2(13)14)5(8,9)6(10,11)12/h1H3,(H,13,14). The molecule has 0 aromatic rings. The number of carbonyl (C=O) groups is 2. The molecular weight excluding hydrogens is 250 g/mol. The van der Waals surface area contributed by atoms with Crippen molar-refractivity contribution in [1.29, 1.82) is 0 Å². The molecule has 0 spiro atoms. The summed E-state index contributed by atoms with van der Waals surface area (Å²) in [5.41, 5.74) is -5.51. The van der Waals surface area contributed by atoms with Gasteiger partial charge in [-0.1, -0.05) is 0 Å². The van der Waals surface area contributed by atoms with Crippen LogP contribution in [-0.2, 0) is 14.3 Å². The van der Waals surface area contributed by atoms with Crippen LogP contribution in [-0.4, -0.2) is 41.9 Å². The van der Waals surface area contributed by atoms with Crippen LogP contribution in [0.5, 0.6) is 0 Å². The molecule has 0 heterocycles. The Bertz CT molecular complexity index is 311. The molecule has 16 heavy (non-hydrogen) atoms. The average Bonchev–Trinajstić information content (AvgIpc) is 2.12. The van der Waals surface area contributed by atoms with Gasteiger partial charge in [-0.25, -0.2) is 14.0 Å². The lowest BCUT2D eigenvalue weighted by Gasteiger charge is -2.28. The van der Waals surface area contributed by atoms with Crippen LogP contribution < -0.4 is 0 Å². The molecule has 0 aliphatic heterocycles. The number of carboxylic acids is 1. The molecule has 0 saturated carbocycles. The van der Waals surface area contributed by atoms with E-state index in [2.05, 4.69) is 4.74 Å². The van der Waals surface area contributed by atoms with Gasteiger partial charge >= 0.3 is 29.7 Å². The highest BCUT2D eigenvalue weighted by Crippen LogP contribution is 2.46. The van der Waals surface area contributed by atoms with Crippen LogP contribution in [0.15, 0.2) is 0 Å². The second kappa shape index (κ2) is 3.83. The van der Waals surface area contributed by atoms with Gasteiger partial charge in [0.25, 0.3) is 0 Å². The molecule has 0 rings (SSSR count). The number of esters is 1. The van der Waals surface area contributed by atoms with E-state index in [-0.39, 0.29) is 7.11 Å². The summed E-state index contributed by atoms with van der Waals surface area (Å²) in [5.74, 6) is -12.5. The van der Waals surface area contributed by atoms with Crippen LogP contribution in [0.1, 0.15) is 0 Å². The minimum absolute atomic E-state index is 0.270. The lowest BCUT2D eigenvalue weighted by Crippen LogP contribution is -2.63. The van der Waals surface area contributed by atoms with Crippen molar-refractivity contribution in [3.05, 3.63) is 0 Å². The van der Waals surface area contributed by atoms with Gasteiger partial charge in [0.1, 0.15) is 0 Å². The van der Waals surface area contributed by atoms with Crippen molar-refractivity contribution >= 4 is 11.9 Å². The van der Waals surface area contributed by atoms with Crippen LogP contribution in [0.4, 0.5) is 26.3 Å². The van der Waals surface area contributed by atoms with Crippen LogP contribution >= 0.6 is 0 Å². The third-order valence-electron chi connectivity index (χ3n) is 1.55. The number of rotatable bonds is 3. The summed E-state index contributed by atoms with van der Waals surface area (Å²) in [6.45, 7) is 0. The first-order chi connectivity index (χ1) is 6.92. The monoisotopic (exact) mass is 254 g/mol. The van der Waals surface area contributed by atoms with Crippen molar-refractivity contribution in [3.63, 3.8) is 0 Å². The summed E-state index contributed by atoms with van der Waals surface area (Å²) in [7, 11) is 0.270. The number of hydrogen-bond acceptors (Lipinski definition) is 3. The maximum atomic E-state index is 13.0. The molecule has 1 N–H and O–H groups in total. The Hall–Kier alpha value is -1.48. The summed E-state index contributed by atoms with van der Waals surface area (Å²) in [5, 5.41) is 7.98. The zero-order valence-electron chi connectivity index (χ0n) is 7.44. The smallest absolute Gasteiger partial charge is 0.458 e. The molecule has 0 aliphatic carbocycles. The highest BCUT2D eigenvalue weighted by Gasteiger charge is 2.79. The van der Waals surface area contributed by atoms with Crippen molar-refractivity contribution < 1.29 is 45.8 Å². The zero-order valence-corrected chi connectivity index (χ0v) is 7.44. The Morgan fingerprint density at radius 3 is 1.62 bits per heavy atom. The summed E-state index contributed by atoms with van der Waals surface area (Å²) >= 11 is 0. The predicted octanol–water partition coefficient (Wildman–Crippen LogP) is 1.15. The fraction of sp³-hybridized carbons (Fsp3) is 0.667. The molecule has 0 saturated heterocycles. The normalized spacial score (nSPS) is 16.4. The maximum Gasteiger partial charge on any atom is 0.458 e. The molecule has 0 aromatic carbocycles. The quantitative estimate of drug-likeness (QED) is 0.466. The second-order valence-electron chi connectivity index (χ2n) is 2.53. The molecule has 4 nitrogen and oxygen atoms in total. The van der Waals surface area contributed by atoms with E-state index in [0.717, 1.165) is 0 Å². The fourth-order valence-corrected chi connectivity index (χ4v) is 0.686. The molecule has 0 fully saturated rings. The molecule has 0 aliphatic rings. The predicted molar refractivity (Wildman–Crippen MR) is 34.5 cm³/mol. The molecule has 0 amide bonds. The van der Waals surface area contributed by atoms with Crippen LogP contribution in [0.3, 0.4) is 0 Å². The zero-order chi connectivity index (χ0) is 13.4. The number of alkyl halides is 6. The van der Waals surface area contributed by atoms with Crippen molar-refractivity contribution in [3.8, 4) is 0 Å². The maximum absolute atomic E-state index is 13.0. The first-order valence-corrected chi connectivity index (χ1v) is 3.38. The number of hydrogen-bond donors (Lipinski definition) is 1. The van der Waals surface area contributed by atoms with Gasteiger partial charge in [-0.2, -0.15) is 22.0 Å². The van der Waals surface area contributed by atoms with Gasteiger partial charge in [-0.05, 0) is 0 Å². The minimum atomic E-state index is -6.55. The van der Waals surface area contributed by atoms with E-state index in [9.17, 15) is 35.9 Å². The van der Waals surface area contributed by atoms with Crippen molar-refractivity contribution in [1.82, 2.24) is 0 Å². The minimum Gasteiger partial charge on any atom is -0.478 e. The lowest BCUT2D eigenvalue weighted by molar-refractivity contribution is -0.320. The molecule has 1 atom stereocenters. The van der Waals surface area contributed by atoms with Gasteiger partial charge in [0, 0.05) is 0 Å². The van der Waals surface area contributed by atoms with E-state index >= 15 is 0 Å². The molecular formula is C6H4F6O4. The van der Waals surface area contributed by atoms with Crippen molar-refractivity contribution in [2.24, 2.45) is 0 Å². The molecule has 94 valence electrons. The Balaban J connectivity index is 5.73. The van der Waals surface area contributed by atoms with Crippen LogP contribution in [0.25, 0.3) is 0 Å². The van der Waals surface area contributed by atoms with Crippen molar-refractivity contribution in [2.45, 2.75) is 17.8 Å². The molecule has 0 aromatic heterocycles. The Kier molecular flexibility index (Phi) is 3.48. The number of carboxylic acid groups (broad SMARTS) is 1. The third kappa shape index (κ3) is 1.78. The molecule has 1 unspecified atom stereocenters. The summed E-state index contributed by atoms with van der Waals surface area (Å²) in [4.78, 5) is 20.5. The first-order valence-electron chi connectivity index (χ1n) is 3.38. The molecule has 0 bridgehead atoms. The van der Waals surface area contributed by atoms with E-state index in [1.165, 1.54) is 0 Å². The van der Waals surface area contributed by atoms with Gasteiger partial charge in [-0.3, -0.25) is 0 Å². The summed E-state index contributed by atoms with van der Waals surface area (Å²) < 4.78 is 76.5. The van der Waals surface area contributed by atoms with Gasteiger partial charge in [0.05, 0.1) is 7.11 Å². The highest BCUT2D eigenvalue weighted by atomic mass is 19.4. The molecule has 0 radical (unpaired) electrons. The second-order valence-corrected chi connectivity index (χ2v) is 2.53. The van der Waals surface area contributed by atoms with E-state index in [4.69, 9.17) is 5.11 Å². The third-order valence-corrected chi connectivity index (χ3v) is 1.55. The van der Waals surface area contributed by atoms with Crippen LogP contribution in [0, 0.1) is 0 Å². The van der Waals surface area contributed by atoms with Gasteiger partial charge in [-0.15, -0.1) is 0 Å². The Labute approximate surface area is 83.8 Å². The SMILES string of the molecule is COC(=O)C(F)(C(=O)O)C(F)(F)C(F)(F)F. The average molecular weight is 254 g/mol. The summed E-state index contributed by atoms with van der Waals surface area (Å²) in [6.07, 6.45) is -6.55. The van der Waals surface area contributed by atoms with E-state index in [0.29, 0.717) is 0 Å². The largest absolute Gasteiger partial charge is 0.478 e. The van der Waals surface area contributed by atoms with Crippen molar-refractivity contribution in [2.75, 3.05) is 7.11 Å². The van der Waals surface area contributed by atoms with E-state index < -0.39 is 29.7 Å². The number of ether oxygens (including phenoxy) is 1. The van der Waals surface area contributed by atoms with Crippen LogP contribution in [0.2, 0.25) is 0 Å². The fourth-order valence-electron chi connectivity index (χ4n) is 0.686. The number of aliphatic carboxylic acids is 1. The number of halogens is 6. The Morgan fingerprint density at radius 1 is 1.06 bits per heavy atom. The molecule has 10 heteroatoms. The number of carbonyl (C=O) groups excluding carboxylic acids is 1. The topological polar surface area (TPSA) is 63.6 Å². The lowest BCUT2D eigenvalue weighted by atomic mass is 9.97. The first kappa shape index (κ1) is 14.5. The van der Waals surface area contributed by atoms with Gasteiger partial charge < -0.3 is 9.84 Å². The van der Waals surface area contributed by atoms with E-state index in [1.807, 2.05) is 0 Å². The van der Waals surface area contributed by atoms with E-state index in [1.54, 1.807) is 0 Å². The van der Waals surface area contributed by atoms with Gasteiger partial charge in [0.15, 0.2) is 0 Å². The highest BCUT2D eigenvalue weighted by molar-refractivity contribution is 6.04.